The van der Waals surface area contributed by atoms with Gasteiger partial charge in [0.05, 0.1) is 12.7 Å². The van der Waals surface area contributed by atoms with Gasteiger partial charge in [-0.1, -0.05) is 0 Å². The smallest absolute Gasteiger partial charge is 0.130 e. The van der Waals surface area contributed by atoms with Crippen LogP contribution in [-0.2, 0) is 7.05 Å². The highest BCUT2D eigenvalue weighted by atomic mass is 15.3. The van der Waals surface area contributed by atoms with Gasteiger partial charge in [-0.3, -0.25) is 4.68 Å². The molecule has 0 radical (unpaired) electrons. The minimum absolute atomic E-state index is 0.732. The van der Waals surface area contributed by atoms with Gasteiger partial charge in [-0.15, -0.1) is 0 Å². The first-order valence-corrected chi connectivity index (χ1v) is 4.15. The SMILES string of the molecule is Cn1nccc1N1C=CC=C(N)C1. The van der Waals surface area contributed by atoms with Gasteiger partial charge < -0.3 is 10.6 Å². The van der Waals surface area contributed by atoms with E-state index in [1.165, 1.54) is 0 Å². The fourth-order valence-electron chi connectivity index (χ4n) is 1.38. The highest BCUT2D eigenvalue weighted by Gasteiger charge is 2.09. The van der Waals surface area contributed by atoms with E-state index in [9.17, 15) is 0 Å². The van der Waals surface area contributed by atoms with Crippen LogP contribution in [0.1, 0.15) is 0 Å². The van der Waals surface area contributed by atoms with Crippen molar-refractivity contribution in [3.63, 3.8) is 0 Å². The van der Waals surface area contributed by atoms with Crippen molar-refractivity contribution in [1.82, 2.24) is 9.78 Å². The van der Waals surface area contributed by atoms with Gasteiger partial charge in [0.15, 0.2) is 0 Å². The van der Waals surface area contributed by atoms with Gasteiger partial charge in [0, 0.05) is 25.0 Å². The summed E-state index contributed by atoms with van der Waals surface area (Å²) < 4.78 is 1.82. The molecule has 0 bridgehead atoms. The Kier molecular flexibility index (Phi) is 1.81. The Balaban J connectivity index is 2.25. The summed E-state index contributed by atoms with van der Waals surface area (Å²) in [6.45, 7) is 0.732. The molecule has 1 aromatic heterocycles. The molecule has 1 aliphatic rings. The molecule has 0 amide bonds. The van der Waals surface area contributed by atoms with Crippen molar-refractivity contribution >= 4 is 5.82 Å². The van der Waals surface area contributed by atoms with Crippen molar-refractivity contribution in [1.29, 1.82) is 0 Å². The van der Waals surface area contributed by atoms with E-state index in [2.05, 4.69) is 10.00 Å². The molecule has 1 aliphatic heterocycles. The molecule has 0 aromatic carbocycles. The number of aromatic nitrogens is 2. The predicted molar refractivity (Wildman–Crippen MR) is 52.0 cm³/mol. The summed E-state index contributed by atoms with van der Waals surface area (Å²) in [6.07, 6.45) is 7.61. The third kappa shape index (κ3) is 1.42. The maximum Gasteiger partial charge on any atom is 0.130 e. The average Bonchev–Trinajstić information content (AvgIpc) is 2.51. The van der Waals surface area contributed by atoms with Crippen LogP contribution in [0.5, 0.6) is 0 Å². The first-order valence-electron chi connectivity index (χ1n) is 4.15. The molecule has 0 unspecified atom stereocenters. The van der Waals surface area contributed by atoms with E-state index in [0.717, 1.165) is 18.1 Å². The number of hydrogen-bond acceptors (Lipinski definition) is 3. The van der Waals surface area contributed by atoms with E-state index in [0.29, 0.717) is 0 Å². The fourth-order valence-corrected chi connectivity index (χ4v) is 1.38. The second-order valence-electron chi connectivity index (χ2n) is 3.02. The summed E-state index contributed by atoms with van der Waals surface area (Å²) >= 11 is 0. The highest BCUT2D eigenvalue weighted by Crippen LogP contribution is 2.15. The number of rotatable bonds is 1. The molecule has 2 rings (SSSR count). The molecule has 0 atom stereocenters. The van der Waals surface area contributed by atoms with E-state index >= 15 is 0 Å². The zero-order valence-corrected chi connectivity index (χ0v) is 7.51. The second-order valence-corrected chi connectivity index (χ2v) is 3.02. The minimum Gasteiger partial charge on any atom is -0.401 e. The summed E-state index contributed by atoms with van der Waals surface area (Å²) in [7, 11) is 1.91. The summed E-state index contributed by atoms with van der Waals surface area (Å²) in [6, 6.07) is 1.96. The molecule has 2 heterocycles. The molecule has 0 saturated heterocycles. The lowest BCUT2D eigenvalue weighted by molar-refractivity contribution is 0.749. The van der Waals surface area contributed by atoms with Crippen LogP contribution in [-0.4, -0.2) is 16.3 Å². The Morgan fingerprint density at radius 2 is 2.38 bits per heavy atom. The quantitative estimate of drug-likeness (QED) is 0.681. The number of aryl methyl sites for hydroxylation is 1. The highest BCUT2D eigenvalue weighted by molar-refractivity contribution is 5.46. The Labute approximate surface area is 76.9 Å². The van der Waals surface area contributed by atoms with Crippen LogP contribution in [0.2, 0.25) is 0 Å². The minimum atomic E-state index is 0.732. The van der Waals surface area contributed by atoms with Crippen molar-refractivity contribution < 1.29 is 0 Å². The molecule has 13 heavy (non-hydrogen) atoms. The van der Waals surface area contributed by atoms with Gasteiger partial charge in [-0.05, 0) is 12.2 Å². The van der Waals surface area contributed by atoms with Crippen LogP contribution >= 0.6 is 0 Å². The molecule has 0 fully saturated rings. The van der Waals surface area contributed by atoms with Crippen LogP contribution in [0.25, 0.3) is 0 Å². The zero-order chi connectivity index (χ0) is 9.26. The molecule has 0 saturated carbocycles. The number of nitrogens with zero attached hydrogens (tertiary/aromatic N) is 3. The zero-order valence-electron chi connectivity index (χ0n) is 7.51. The standard InChI is InChI=1S/C9H12N4/c1-12-9(4-5-11-12)13-6-2-3-8(10)7-13/h2-6H,7,10H2,1H3. The van der Waals surface area contributed by atoms with Gasteiger partial charge in [-0.2, -0.15) is 5.10 Å². The fraction of sp³-hybridized carbons (Fsp3) is 0.222. The van der Waals surface area contributed by atoms with E-state index in [1.807, 2.05) is 36.1 Å². The normalized spacial score (nSPS) is 16.1. The summed E-state index contributed by atoms with van der Waals surface area (Å²) in [5, 5.41) is 4.10. The van der Waals surface area contributed by atoms with E-state index in [4.69, 9.17) is 5.73 Å². The molecule has 68 valence electrons. The van der Waals surface area contributed by atoms with E-state index in [1.54, 1.807) is 6.20 Å². The predicted octanol–water partition coefficient (Wildman–Crippen LogP) is 0.596. The lowest BCUT2D eigenvalue weighted by Crippen LogP contribution is -2.26. The molecular formula is C9H12N4. The monoisotopic (exact) mass is 176 g/mol. The third-order valence-corrected chi connectivity index (χ3v) is 2.02. The number of hydrogen-bond donors (Lipinski definition) is 1. The van der Waals surface area contributed by atoms with Gasteiger partial charge >= 0.3 is 0 Å². The van der Waals surface area contributed by atoms with Crippen molar-refractivity contribution in [2.45, 2.75) is 0 Å². The van der Waals surface area contributed by atoms with Gasteiger partial charge in [0.25, 0.3) is 0 Å². The largest absolute Gasteiger partial charge is 0.401 e. The van der Waals surface area contributed by atoms with Gasteiger partial charge in [0.2, 0.25) is 0 Å². The first-order chi connectivity index (χ1) is 6.27. The molecule has 2 N–H and O–H groups in total. The Bertz CT molecular complexity index is 361. The van der Waals surface area contributed by atoms with E-state index in [-0.39, 0.29) is 0 Å². The van der Waals surface area contributed by atoms with Crippen LogP contribution in [0.4, 0.5) is 5.82 Å². The molecule has 4 nitrogen and oxygen atoms in total. The van der Waals surface area contributed by atoms with Crippen molar-refractivity contribution in [2.24, 2.45) is 12.8 Å². The summed E-state index contributed by atoms with van der Waals surface area (Å²) in [4.78, 5) is 2.06. The van der Waals surface area contributed by atoms with Crippen LogP contribution in [0.3, 0.4) is 0 Å². The van der Waals surface area contributed by atoms with Crippen LogP contribution in [0.15, 0.2) is 36.3 Å². The molecule has 1 aromatic rings. The Morgan fingerprint density at radius 3 is 3.00 bits per heavy atom. The maximum absolute atomic E-state index is 5.72. The number of allylic oxidation sites excluding steroid dienone is 2. The van der Waals surface area contributed by atoms with E-state index < -0.39 is 0 Å². The summed E-state index contributed by atoms with van der Waals surface area (Å²) in [5.41, 5.74) is 6.58. The lowest BCUT2D eigenvalue weighted by Gasteiger charge is -2.22. The molecule has 0 spiro atoms. The average molecular weight is 176 g/mol. The third-order valence-electron chi connectivity index (χ3n) is 2.02. The Morgan fingerprint density at radius 1 is 1.54 bits per heavy atom. The molecule has 4 heteroatoms. The maximum atomic E-state index is 5.72. The van der Waals surface area contributed by atoms with Crippen molar-refractivity contribution in [3.8, 4) is 0 Å². The molecule has 0 aliphatic carbocycles. The van der Waals surface area contributed by atoms with Crippen LogP contribution < -0.4 is 10.6 Å². The first kappa shape index (κ1) is 7.91. The van der Waals surface area contributed by atoms with Crippen molar-refractivity contribution in [3.05, 3.63) is 36.3 Å². The number of anilines is 1. The van der Waals surface area contributed by atoms with Crippen molar-refractivity contribution in [2.75, 3.05) is 11.4 Å². The van der Waals surface area contributed by atoms with Crippen LogP contribution in [0, 0.1) is 0 Å². The lowest BCUT2D eigenvalue weighted by atomic mass is 10.3. The summed E-state index contributed by atoms with van der Waals surface area (Å²) in [5.74, 6) is 1.05. The second kappa shape index (κ2) is 2.97. The van der Waals surface area contributed by atoms with Gasteiger partial charge in [0.1, 0.15) is 5.82 Å². The number of nitrogens with two attached hydrogens (primary N) is 1. The topological polar surface area (TPSA) is 47.1 Å². The Hall–Kier alpha value is -1.71. The van der Waals surface area contributed by atoms with Gasteiger partial charge in [-0.25, -0.2) is 0 Å². The molecular weight excluding hydrogens is 164 g/mol.